The molecule has 0 bridgehead atoms. The molecule has 14 rings (SSSR count). The molecule has 0 radical (unpaired) electrons. The number of hydrogen-bond donors (Lipinski definition) is 0. The summed E-state index contributed by atoms with van der Waals surface area (Å²) >= 11 is 0. The topological polar surface area (TPSA) is 61.7 Å². The second kappa shape index (κ2) is 16.0. The first kappa shape index (κ1) is 39.9. The van der Waals surface area contributed by atoms with Gasteiger partial charge in [-0.05, 0) is 75.3 Å². The highest BCUT2D eigenvalue weighted by Crippen LogP contribution is 2.38. The first-order valence-electron chi connectivity index (χ1n) is 23.7. The number of aromatic nitrogens is 5. The second-order valence-electron chi connectivity index (χ2n) is 18.0. The van der Waals surface area contributed by atoms with Crippen LogP contribution in [0.2, 0.25) is 0 Å². The largest absolute Gasteiger partial charge is 0.456 e. The molecule has 0 amide bonds. The zero-order chi connectivity index (χ0) is 46.2. The van der Waals surface area contributed by atoms with Crippen LogP contribution in [-0.4, -0.2) is 32.2 Å². The van der Waals surface area contributed by atoms with Gasteiger partial charge in [0.05, 0.1) is 22.1 Å². The van der Waals surface area contributed by atoms with Gasteiger partial charge in [-0.3, -0.25) is 0 Å². The quantitative estimate of drug-likeness (QED) is 0.113. The molecule has 4 aromatic heterocycles. The van der Waals surface area contributed by atoms with E-state index in [1.807, 2.05) is 6.07 Å². The van der Waals surface area contributed by atoms with Crippen molar-refractivity contribution in [3.63, 3.8) is 0 Å². The number of para-hydroxylation sites is 5. The Kier molecular flexibility index (Phi) is 9.12. The van der Waals surface area contributed by atoms with Gasteiger partial charge in [-0.15, -0.1) is 0 Å². The minimum atomic E-state index is -3.07. The summed E-state index contributed by atoms with van der Waals surface area (Å²) in [7, 11) is -3.07. The van der Waals surface area contributed by atoms with Gasteiger partial charge in [0.15, 0.2) is 19.7 Å². The minimum Gasteiger partial charge on any atom is -0.456 e. The fourth-order valence-corrected chi connectivity index (χ4v) is 16.1. The SMILES string of the molecule is c1ccc([Si](c2ccccc2)(c2cccc(-c3ncnc(-c4cccc(-n5c6ccccc6c6cc(-n7c8ccccc8c8ccccc87)ccc65)c4)n3)c2)c2cccc3c2oc2ccccc23)cc1. The average Bonchev–Trinajstić information content (AvgIpc) is 4.10. The van der Waals surface area contributed by atoms with Gasteiger partial charge in [-0.1, -0.05) is 188 Å². The third-order valence-electron chi connectivity index (χ3n) is 14.2. The highest BCUT2D eigenvalue weighted by atomic mass is 28.3. The van der Waals surface area contributed by atoms with Crippen molar-refractivity contribution in [2.24, 2.45) is 0 Å². The van der Waals surface area contributed by atoms with Gasteiger partial charge < -0.3 is 13.6 Å². The van der Waals surface area contributed by atoms with Crippen LogP contribution in [0, 0.1) is 0 Å². The van der Waals surface area contributed by atoms with E-state index in [9.17, 15) is 0 Å². The summed E-state index contributed by atoms with van der Waals surface area (Å²) in [4.78, 5) is 14.9. The van der Waals surface area contributed by atoms with E-state index in [0.29, 0.717) is 11.6 Å². The summed E-state index contributed by atoms with van der Waals surface area (Å²) in [5.41, 5.74) is 10.4. The van der Waals surface area contributed by atoms with E-state index < -0.39 is 8.07 Å². The van der Waals surface area contributed by atoms with Crippen LogP contribution in [0.5, 0.6) is 0 Å². The molecule has 70 heavy (non-hydrogen) atoms. The third-order valence-corrected chi connectivity index (χ3v) is 19.0. The van der Waals surface area contributed by atoms with Gasteiger partial charge in [0.2, 0.25) is 0 Å². The number of nitrogens with zero attached hydrogens (tertiary/aromatic N) is 5. The Balaban J connectivity index is 0.898. The van der Waals surface area contributed by atoms with E-state index in [1.54, 1.807) is 6.33 Å². The number of fused-ring (bicyclic) bond motifs is 9. The lowest BCUT2D eigenvalue weighted by Gasteiger charge is -2.34. The maximum atomic E-state index is 6.86. The molecule has 7 heteroatoms. The highest BCUT2D eigenvalue weighted by Gasteiger charge is 2.44. The molecule has 0 fully saturated rings. The Morgan fingerprint density at radius 2 is 0.829 bits per heavy atom. The van der Waals surface area contributed by atoms with Gasteiger partial charge in [-0.2, -0.15) is 0 Å². The average molecular weight is 912 g/mol. The number of rotatable bonds is 8. The molecule has 0 saturated heterocycles. The van der Waals surface area contributed by atoms with Crippen LogP contribution >= 0.6 is 0 Å². The molecule has 0 aliphatic heterocycles. The van der Waals surface area contributed by atoms with Crippen LogP contribution in [0.1, 0.15) is 0 Å². The first-order chi connectivity index (χ1) is 34.7. The molecule has 14 aromatic rings. The first-order valence-corrected chi connectivity index (χ1v) is 25.7. The Morgan fingerprint density at radius 1 is 0.343 bits per heavy atom. The molecule has 0 aliphatic rings. The van der Waals surface area contributed by atoms with E-state index in [-0.39, 0.29) is 0 Å². The summed E-state index contributed by atoms with van der Waals surface area (Å²) < 4.78 is 11.6. The number of benzene rings is 10. The summed E-state index contributed by atoms with van der Waals surface area (Å²) in [6.45, 7) is 0. The van der Waals surface area contributed by atoms with Crippen LogP contribution in [0.4, 0.5) is 0 Å². The smallest absolute Gasteiger partial charge is 0.184 e. The molecule has 0 atom stereocenters. The fourth-order valence-electron chi connectivity index (χ4n) is 11.2. The van der Waals surface area contributed by atoms with Crippen molar-refractivity contribution < 1.29 is 4.42 Å². The van der Waals surface area contributed by atoms with Crippen LogP contribution in [0.15, 0.2) is 253 Å². The lowest BCUT2D eigenvalue weighted by Crippen LogP contribution is -2.74. The molecular weight excluding hydrogens is 871 g/mol. The van der Waals surface area contributed by atoms with Crippen LogP contribution in [0.25, 0.3) is 99.7 Å². The van der Waals surface area contributed by atoms with Gasteiger partial charge in [0.25, 0.3) is 0 Å². The zero-order valence-electron chi connectivity index (χ0n) is 37.8. The number of furan rings is 1. The van der Waals surface area contributed by atoms with Gasteiger partial charge in [-0.25, -0.2) is 15.0 Å². The predicted molar refractivity (Wildman–Crippen MR) is 290 cm³/mol. The molecule has 4 heterocycles. The molecular formula is C63H41N5OSi. The molecule has 0 unspecified atom stereocenters. The molecule has 10 aromatic carbocycles. The predicted octanol–water partition coefficient (Wildman–Crippen LogP) is 12.7. The maximum absolute atomic E-state index is 6.86. The van der Waals surface area contributed by atoms with E-state index in [2.05, 4.69) is 246 Å². The van der Waals surface area contributed by atoms with E-state index in [0.717, 1.165) is 55.5 Å². The Labute approximate surface area is 404 Å². The van der Waals surface area contributed by atoms with Crippen molar-refractivity contribution in [2.75, 3.05) is 0 Å². The monoisotopic (exact) mass is 911 g/mol. The van der Waals surface area contributed by atoms with Crippen LogP contribution in [0.3, 0.4) is 0 Å². The van der Waals surface area contributed by atoms with Gasteiger partial charge >= 0.3 is 0 Å². The Morgan fingerprint density at radius 3 is 1.49 bits per heavy atom. The Hall–Kier alpha value is -9.17. The summed E-state index contributed by atoms with van der Waals surface area (Å²) in [6.07, 6.45) is 1.64. The van der Waals surface area contributed by atoms with Crippen LogP contribution < -0.4 is 20.7 Å². The maximum Gasteiger partial charge on any atom is 0.184 e. The Bertz CT molecular complexity index is 4230. The van der Waals surface area contributed by atoms with Crippen molar-refractivity contribution in [3.05, 3.63) is 249 Å². The molecule has 0 aliphatic carbocycles. The molecule has 0 N–H and O–H groups in total. The van der Waals surface area contributed by atoms with Crippen LogP contribution in [-0.2, 0) is 0 Å². The van der Waals surface area contributed by atoms with Crippen molar-refractivity contribution in [1.29, 1.82) is 0 Å². The van der Waals surface area contributed by atoms with Gasteiger partial charge in [0, 0.05) is 54.8 Å². The highest BCUT2D eigenvalue weighted by molar-refractivity contribution is 7.20. The minimum absolute atomic E-state index is 0.605. The lowest BCUT2D eigenvalue weighted by molar-refractivity contribution is 0.671. The fraction of sp³-hybridized carbons (Fsp3) is 0. The summed E-state index contributed by atoms with van der Waals surface area (Å²) in [5, 5.41) is 12.0. The summed E-state index contributed by atoms with van der Waals surface area (Å²) in [5.74, 6) is 1.21. The number of hydrogen-bond acceptors (Lipinski definition) is 4. The zero-order valence-corrected chi connectivity index (χ0v) is 38.8. The standard InChI is InChI=1S/C63H41N5OSi/c1-3-21-46(22-4-1)70(47-23-5-2-6-24-47,60-35-17-30-53-52-29-10-14-34-59(52)69-61(53)60)48-25-16-19-43(39-48)63-65-41-64-62(66-63)42-18-15-20-44(38-42)67-57-33-13-9-28-51(57)54-40-45(36-37-58(54)67)68-55-31-11-7-26-49(55)50-27-8-12-32-56(50)68/h1-41H. The van der Waals surface area contributed by atoms with Crippen molar-refractivity contribution in [2.45, 2.75) is 0 Å². The molecule has 0 spiro atoms. The van der Waals surface area contributed by atoms with Crippen molar-refractivity contribution >= 4 is 94.4 Å². The van der Waals surface area contributed by atoms with E-state index >= 15 is 0 Å². The lowest BCUT2D eigenvalue weighted by atomic mass is 10.1. The molecule has 328 valence electrons. The summed E-state index contributed by atoms with van der Waals surface area (Å²) in [6, 6.07) is 87.2. The van der Waals surface area contributed by atoms with Gasteiger partial charge in [0.1, 0.15) is 17.5 Å². The third kappa shape index (κ3) is 6.08. The van der Waals surface area contributed by atoms with E-state index in [1.165, 1.54) is 53.3 Å². The molecule has 0 saturated carbocycles. The normalized spacial score (nSPS) is 12.0. The van der Waals surface area contributed by atoms with Crippen molar-refractivity contribution in [1.82, 2.24) is 24.1 Å². The second-order valence-corrected chi connectivity index (χ2v) is 21.7. The van der Waals surface area contributed by atoms with E-state index in [4.69, 9.17) is 19.4 Å². The molecule has 6 nitrogen and oxygen atoms in total. The van der Waals surface area contributed by atoms with Crippen molar-refractivity contribution in [3.8, 4) is 34.2 Å².